The van der Waals surface area contributed by atoms with Crippen molar-refractivity contribution in [2.75, 3.05) is 0 Å². The van der Waals surface area contributed by atoms with Gasteiger partial charge in [0.25, 0.3) is 0 Å². The van der Waals surface area contributed by atoms with Crippen LogP contribution < -0.4 is 0 Å². The van der Waals surface area contributed by atoms with E-state index in [0.29, 0.717) is 6.32 Å². The molecule has 0 aliphatic rings. The normalized spacial score (nSPS) is 9.83. The Morgan fingerprint density at radius 3 is 2.75 bits per heavy atom. The molecule has 0 aromatic heterocycles. The fourth-order valence-electron chi connectivity index (χ4n) is 1.02. The summed E-state index contributed by atoms with van der Waals surface area (Å²) < 4.78 is 1.05. The molecule has 1 nitrogen and oxygen atoms in total. The van der Waals surface area contributed by atoms with Crippen LogP contribution in [0, 0.1) is 6.92 Å². The summed E-state index contributed by atoms with van der Waals surface area (Å²) in [6, 6.07) is 5.68. The van der Waals surface area contributed by atoms with Crippen LogP contribution in [0.3, 0.4) is 0 Å². The Balaban J connectivity index is 3.05. The highest BCUT2D eigenvalue weighted by Crippen LogP contribution is 2.17. The molecule has 0 amide bonds. The standard InChI is InChI=1S/C9H10BBrO/c1-6-4-7(9(12)5-10)2-3-8(6)11/h2-4H,5,10H2,1H3. The molecular formula is C9H10BBrO. The van der Waals surface area contributed by atoms with Crippen molar-refractivity contribution in [3.8, 4) is 0 Å². The van der Waals surface area contributed by atoms with Gasteiger partial charge in [0.2, 0.25) is 0 Å². The van der Waals surface area contributed by atoms with Crippen molar-refractivity contribution >= 4 is 29.6 Å². The highest BCUT2D eigenvalue weighted by atomic mass is 79.9. The van der Waals surface area contributed by atoms with Gasteiger partial charge < -0.3 is 0 Å². The fourth-order valence-corrected chi connectivity index (χ4v) is 1.27. The van der Waals surface area contributed by atoms with E-state index in [1.807, 2.05) is 33.0 Å². The molecule has 0 heterocycles. The molecule has 1 aromatic carbocycles. The molecule has 0 aliphatic heterocycles. The lowest BCUT2D eigenvalue weighted by Gasteiger charge is -2.01. The summed E-state index contributed by atoms with van der Waals surface area (Å²) in [6.07, 6.45) is 0.571. The van der Waals surface area contributed by atoms with Gasteiger partial charge in [-0.3, -0.25) is 4.79 Å². The molecular weight excluding hydrogens is 215 g/mol. The average molecular weight is 225 g/mol. The van der Waals surface area contributed by atoms with Crippen molar-refractivity contribution in [1.82, 2.24) is 0 Å². The minimum absolute atomic E-state index is 0.200. The summed E-state index contributed by atoms with van der Waals surface area (Å²) in [7, 11) is 1.87. The number of hydrogen-bond donors (Lipinski definition) is 0. The minimum atomic E-state index is 0.200. The van der Waals surface area contributed by atoms with Crippen LogP contribution in [-0.4, -0.2) is 13.6 Å². The van der Waals surface area contributed by atoms with E-state index in [-0.39, 0.29) is 5.78 Å². The largest absolute Gasteiger partial charge is 0.295 e. The molecule has 1 rings (SSSR count). The summed E-state index contributed by atoms with van der Waals surface area (Å²) in [5.74, 6) is 0.200. The van der Waals surface area contributed by atoms with Gasteiger partial charge in [0, 0.05) is 10.0 Å². The lowest BCUT2D eigenvalue weighted by molar-refractivity contribution is 0.101. The quantitative estimate of drug-likeness (QED) is 0.555. The summed E-state index contributed by atoms with van der Waals surface area (Å²) >= 11 is 3.39. The predicted octanol–water partition coefficient (Wildman–Crippen LogP) is 1.99. The summed E-state index contributed by atoms with van der Waals surface area (Å²) in [5.41, 5.74) is 1.91. The van der Waals surface area contributed by atoms with E-state index < -0.39 is 0 Å². The molecule has 12 heavy (non-hydrogen) atoms. The monoisotopic (exact) mass is 224 g/mol. The Morgan fingerprint density at radius 1 is 1.58 bits per heavy atom. The van der Waals surface area contributed by atoms with Crippen LogP contribution in [0.1, 0.15) is 15.9 Å². The predicted molar refractivity (Wildman–Crippen MR) is 56.6 cm³/mol. The number of hydrogen-bond acceptors (Lipinski definition) is 1. The number of benzene rings is 1. The number of halogens is 1. The summed E-state index contributed by atoms with van der Waals surface area (Å²) in [6.45, 7) is 1.98. The Kier molecular flexibility index (Phi) is 3.09. The number of carbonyl (C=O) groups is 1. The smallest absolute Gasteiger partial charge is 0.155 e. The van der Waals surface area contributed by atoms with E-state index in [4.69, 9.17) is 0 Å². The molecule has 3 heteroatoms. The highest BCUT2D eigenvalue weighted by molar-refractivity contribution is 9.10. The van der Waals surface area contributed by atoms with Gasteiger partial charge in [0.15, 0.2) is 5.78 Å². The maximum Gasteiger partial charge on any atom is 0.155 e. The van der Waals surface area contributed by atoms with Crippen molar-refractivity contribution in [2.45, 2.75) is 13.2 Å². The van der Waals surface area contributed by atoms with Crippen molar-refractivity contribution in [2.24, 2.45) is 0 Å². The van der Waals surface area contributed by atoms with Crippen LogP contribution >= 0.6 is 15.9 Å². The number of Topliss-reactive ketones (excluding diaryl/α,β-unsaturated/α-hetero) is 1. The van der Waals surface area contributed by atoms with Crippen molar-refractivity contribution in [1.29, 1.82) is 0 Å². The number of ketones is 1. The molecule has 0 saturated heterocycles. The molecule has 0 spiro atoms. The second-order valence-electron chi connectivity index (χ2n) is 2.74. The maximum atomic E-state index is 11.3. The fraction of sp³-hybridized carbons (Fsp3) is 0.222. The van der Waals surface area contributed by atoms with Crippen molar-refractivity contribution < 1.29 is 4.79 Å². The first-order chi connectivity index (χ1) is 5.65. The van der Waals surface area contributed by atoms with Gasteiger partial charge in [-0.15, -0.1) is 0 Å². The lowest BCUT2D eigenvalue weighted by Crippen LogP contribution is -1.97. The third-order valence-electron chi connectivity index (χ3n) is 1.80. The summed E-state index contributed by atoms with van der Waals surface area (Å²) in [4.78, 5) is 11.3. The first-order valence-corrected chi connectivity index (χ1v) is 4.73. The maximum absolute atomic E-state index is 11.3. The molecule has 0 atom stereocenters. The van der Waals surface area contributed by atoms with Crippen LogP contribution in [0.4, 0.5) is 0 Å². The van der Waals surface area contributed by atoms with E-state index in [9.17, 15) is 4.79 Å². The van der Waals surface area contributed by atoms with Gasteiger partial charge in [-0.1, -0.05) is 22.0 Å². The van der Waals surface area contributed by atoms with Crippen LogP contribution in [0.25, 0.3) is 0 Å². The topological polar surface area (TPSA) is 17.1 Å². The number of carbonyl (C=O) groups excluding carboxylic acids is 1. The van der Waals surface area contributed by atoms with Crippen LogP contribution in [0.2, 0.25) is 6.32 Å². The molecule has 62 valence electrons. The van der Waals surface area contributed by atoms with E-state index in [2.05, 4.69) is 15.9 Å². The van der Waals surface area contributed by atoms with E-state index in [1.54, 1.807) is 0 Å². The first kappa shape index (κ1) is 9.52. The van der Waals surface area contributed by atoms with Gasteiger partial charge in [-0.2, -0.15) is 0 Å². The zero-order chi connectivity index (χ0) is 9.14. The molecule has 0 radical (unpaired) electrons. The van der Waals surface area contributed by atoms with Gasteiger partial charge in [-0.05, 0) is 30.9 Å². The highest BCUT2D eigenvalue weighted by Gasteiger charge is 2.03. The zero-order valence-corrected chi connectivity index (χ0v) is 8.81. The SMILES string of the molecule is BCC(=O)c1ccc(Br)c(C)c1. The molecule has 0 aliphatic carbocycles. The van der Waals surface area contributed by atoms with Gasteiger partial charge in [-0.25, -0.2) is 0 Å². The molecule has 0 fully saturated rings. The Bertz CT molecular complexity index is 309. The van der Waals surface area contributed by atoms with Crippen molar-refractivity contribution in [3.05, 3.63) is 33.8 Å². The molecule has 1 aromatic rings. The van der Waals surface area contributed by atoms with Gasteiger partial charge in [0.1, 0.15) is 7.85 Å². The summed E-state index contributed by atoms with van der Waals surface area (Å²) in [5, 5.41) is 0. The van der Waals surface area contributed by atoms with Gasteiger partial charge >= 0.3 is 0 Å². The molecule has 0 unspecified atom stereocenters. The first-order valence-electron chi connectivity index (χ1n) is 3.94. The van der Waals surface area contributed by atoms with Crippen LogP contribution in [0.15, 0.2) is 22.7 Å². The second-order valence-corrected chi connectivity index (χ2v) is 3.60. The van der Waals surface area contributed by atoms with E-state index in [1.165, 1.54) is 0 Å². The lowest BCUT2D eigenvalue weighted by atomic mass is 9.95. The number of aryl methyl sites for hydroxylation is 1. The Morgan fingerprint density at radius 2 is 2.25 bits per heavy atom. The minimum Gasteiger partial charge on any atom is -0.295 e. The molecule has 0 bridgehead atoms. The Hall–Kier alpha value is -0.565. The van der Waals surface area contributed by atoms with Crippen LogP contribution in [0.5, 0.6) is 0 Å². The average Bonchev–Trinajstić information content (AvgIpc) is 2.08. The van der Waals surface area contributed by atoms with E-state index in [0.717, 1.165) is 15.6 Å². The van der Waals surface area contributed by atoms with Crippen molar-refractivity contribution in [3.63, 3.8) is 0 Å². The number of rotatable bonds is 2. The Labute approximate surface area is 81.7 Å². The molecule has 0 N–H and O–H groups in total. The molecule has 0 saturated carbocycles. The van der Waals surface area contributed by atoms with Gasteiger partial charge in [0.05, 0.1) is 0 Å². The second kappa shape index (κ2) is 3.90. The van der Waals surface area contributed by atoms with E-state index >= 15 is 0 Å². The third kappa shape index (κ3) is 1.98. The van der Waals surface area contributed by atoms with Crippen LogP contribution in [-0.2, 0) is 0 Å². The third-order valence-corrected chi connectivity index (χ3v) is 2.69. The zero-order valence-electron chi connectivity index (χ0n) is 7.23.